The molecule has 25 heavy (non-hydrogen) atoms. The van der Waals surface area contributed by atoms with Crippen LogP contribution in [0.25, 0.3) is 15.5 Å². The molecule has 2 aromatic carbocycles. The van der Waals surface area contributed by atoms with Crippen LogP contribution >= 0.6 is 38.9 Å². The number of carbonyl (C=O) groups excluding carboxylic acids is 1. The van der Waals surface area contributed by atoms with Gasteiger partial charge in [-0.05, 0) is 30.3 Å². The SMILES string of the molecule is O=C(Nc1cccc(-c2nn3cnnc3s2)c1)c1cc(Br)ccc1Cl. The minimum absolute atomic E-state index is 0.276. The van der Waals surface area contributed by atoms with Gasteiger partial charge in [-0.2, -0.15) is 9.61 Å². The highest BCUT2D eigenvalue weighted by Gasteiger charge is 2.13. The first-order chi connectivity index (χ1) is 12.1. The minimum atomic E-state index is -0.276. The van der Waals surface area contributed by atoms with Crippen LogP contribution in [-0.4, -0.2) is 25.7 Å². The highest BCUT2D eigenvalue weighted by atomic mass is 79.9. The Labute approximate surface area is 159 Å². The van der Waals surface area contributed by atoms with E-state index in [9.17, 15) is 4.79 Å². The van der Waals surface area contributed by atoms with Crippen molar-refractivity contribution in [3.8, 4) is 10.6 Å². The van der Waals surface area contributed by atoms with Gasteiger partial charge < -0.3 is 5.32 Å². The number of rotatable bonds is 3. The molecule has 0 aliphatic heterocycles. The number of anilines is 1. The normalized spacial score (nSPS) is 11.0. The van der Waals surface area contributed by atoms with E-state index in [1.807, 2.05) is 24.3 Å². The van der Waals surface area contributed by atoms with E-state index in [4.69, 9.17) is 11.6 Å². The number of halogens is 2. The van der Waals surface area contributed by atoms with Crippen molar-refractivity contribution in [2.75, 3.05) is 5.32 Å². The van der Waals surface area contributed by atoms with Crippen LogP contribution in [0.1, 0.15) is 10.4 Å². The van der Waals surface area contributed by atoms with Crippen LogP contribution in [0.4, 0.5) is 5.69 Å². The van der Waals surface area contributed by atoms with Gasteiger partial charge in [-0.15, -0.1) is 10.2 Å². The first-order valence-corrected chi connectivity index (χ1v) is 9.12. The standard InChI is InChI=1S/C16H9BrClN5OS/c17-10-4-5-13(18)12(7-10)14(24)20-11-3-1-2-9(6-11)15-22-23-8-19-21-16(23)25-15/h1-8H,(H,20,24). The summed E-state index contributed by atoms with van der Waals surface area (Å²) >= 11 is 10.9. The molecule has 0 spiro atoms. The van der Waals surface area contributed by atoms with E-state index >= 15 is 0 Å². The van der Waals surface area contributed by atoms with E-state index in [1.54, 1.807) is 29.0 Å². The Morgan fingerprint density at radius 3 is 2.96 bits per heavy atom. The molecule has 4 rings (SSSR count). The topological polar surface area (TPSA) is 72.2 Å². The summed E-state index contributed by atoms with van der Waals surface area (Å²) in [6.07, 6.45) is 1.55. The van der Waals surface area contributed by atoms with Crippen LogP contribution < -0.4 is 5.32 Å². The van der Waals surface area contributed by atoms with Crippen molar-refractivity contribution in [1.29, 1.82) is 0 Å². The van der Waals surface area contributed by atoms with E-state index in [2.05, 4.69) is 36.5 Å². The second-order valence-corrected chi connectivity index (χ2v) is 7.40. The predicted molar refractivity (Wildman–Crippen MR) is 101 cm³/mol. The lowest BCUT2D eigenvalue weighted by Gasteiger charge is -2.08. The van der Waals surface area contributed by atoms with Crippen LogP contribution in [-0.2, 0) is 0 Å². The number of benzene rings is 2. The molecule has 0 aliphatic rings. The molecule has 0 bridgehead atoms. The lowest BCUT2D eigenvalue weighted by Crippen LogP contribution is -2.12. The van der Waals surface area contributed by atoms with Crippen molar-refractivity contribution < 1.29 is 4.79 Å². The van der Waals surface area contributed by atoms with Crippen molar-refractivity contribution in [2.24, 2.45) is 0 Å². The lowest BCUT2D eigenvalue weighted by molar-refractivity contribution is 0.102. The molecule has 6 nitrogen and oxygen atoms in total. The van der Waals surface area contributed by atoms with Gasteiger partial charge in [0.2, 0.25) is 4.96 Å². The number of carbonyl (C=O) groups is 1. The third kappa shape index (κ3) is 3.28. The highest BCUT2D eigenvalue weighted by molar-refractivity contribution is 9.10. The van der Waals surface area contributed by atoms with Gasteiger partial charge >= 0.3 is 0 Å². The summed E-state index contributed by atoms with van der Waals surface area (Å²) < 4.78 is 2.41. The van der Waals surface area contributed by atoms with Gasteiger partial charge in [-0.25, -0.2) is 0 Å². The molecule has 9 heteroatoms. The molecular formula is C16H9BrClN5OS. The Bertz CT molecular complexity index is 1060. The summed E-state index contributed by atoms with van der Waals surface area (Å²) in [7, 11) is 0. The molecule has 4 aromatic rings. The Kier molecular flexibility index (Phi) is 4.24. The number of fused-ring (bicyclic) bond motifs is 1. The average molecular weight is 435 g/mol. The van der Waals surface area contributed by atoms with Crippen molar-refractivity contribution >= 4 is 55.4 Å². The summed E-state index contributed by atoms with van der Waals surface area (Å²) in [4.78, 5) is 13.2. The van der Waals surface area contributed by atoms with Gasteiger partial charge in [0.1, 0.15) is 11.3 Å². The van der Waals surface area contributed by atoms with E-state index in [0.717, 1.165) is 15.0 Å². The number of nitrogens with one attached hydrogen (secondary N) is 1. The van der Waals surface area contributed by atoms with Crippen molar-refractivity contribution in [3.63, 3.8) is 0 Å². The smallest absolute Gasteiger partial charge is 0.257 e. The van der Waals surface area contributed by atoms with Gasteiger partial charge in [0.05, 0.1) is 10.6 Å². The number of aromatic nitrogens is 4. The van der Waals surface area contributed by atoms with Gasteiger partial charge in [-0.3, -0.25) is 4.79 Å². The summed E-state index contributed by atoms with van der Waals surface area (Å²) in [6, 6.07) is 12.6. The second kappa shape index (κ2) is 6.55. The summed E-state index contributed by atoms with van der Waals surface area (Å²) in [5.74, 6) is -0.276. The van der Waals surface area contributed by atoms with Crippen molar-refractivity contribution in [3.05, 3.63) is 63.9 Å². The van der Waals surface area contributed by atoms with E-state index in [-0.39, 0.29) is 5.91 Å². The van der Waals surface area contributed by atoms with Gasteiger partial charge in [0.15, 0.2) is 0 Å². The second-order valence-electron chi connectivity index (χ2n) is 5.12. The molecule has 0 saturated carbocycles. The molecule has 2 aromatic heterocycles. The maximum atomic E-state index is 12.5. The number of hydrogen-bond donors (Lipinski definition) is 1. The fourth-order valence-corrected chi connectivity index (χ4v) is 3.66. The van der Waals surface area contributed by atoms with Crippen molar-refractivity contribution in [1.82, 2.24) is 19.8 Å². The Morgan fingerprint density at radius 1 is 1.24 bits per heavy atom. The zero-order valence-corrected chi connectivity index (χ0v) is 15.6. The maximum absolute atomic E-state index is 12.5. The first kappa shape index (κ1) is 16.2. The molecule has 1 N–H and O–H groups in total. The quantitative estimate of drug-likeness (QED) is 0.514. The van der Waals surface area contributed by atoms with Crippen LogP contribution in [0.15, 0.2) is 53.3 Å². The van der Waals surface area contributed by atoms with Crippen molar-refractivity contribution in [2.45, 2.75) is 0 Å². The largest absolute Gasteiger partial charge is 0.322 e. The summed E-state index contributed by atoms with van der Waals surface area (Å²) in [5, 5.41) is 16.2. The minimum Gasteiger partial charge on any atom is -0.322 e. The Morgan fingerprint density at radius 2 is 2.12 bits per heavy atom. The molecule has 0 saturated heterocycles. The molecule has 124 valence electrons. The zero-order valence-electron chi connectivity index (χ0n) is 12.5. The molecule has 0 fully saturated rings. The molecule has 0 aliphatic carbocycles. The van der Waals surface area contributed by atoms with E-state index in [0.29, 0.717) is 21.2 Å². The number of amides is 1. The fourth-order valence-electron chi connectivity index (χ4n) is 2.28. The highest BCUT2D eigenvalue weighted by Crippen LogP contribution is 2.27. The molecule has 0 unspecified atom stereocenters. The van der Waals surface area contributed by atoms with E-state index in [1.165, 1.54) is 11.3 Å². The van der Waals surface area contributed by atoms with Gasteiger partial charge in [0.25, 0.3) is 5.91 Å². The number of hydrogen-bond acceptors (Lipinski definition) is 5. The molecule has 1 amide bonds. The third-order valence-electron chi connectivity index (χ3n) is 3.43. The summed E-state index contributed by atoms with van der Waals surface area (Å²) in [5.41, 5.74) is 1.94. The molecule has 0 atom stereocenters. The molecule has 0 radical (unpaired) electrons. The Hall–Kier alpha value is -2.29. The monoisotopic (exact) mass is 433 g/mol. The van der Waals surface area contributed by atoms with Gasteiger partial charge in [-0.1, -0.05) is 51.0 Å². The molecule has 2 heterocycles. The summed E-state index contributed by atoms with van der Waals surface area (Å²) in [6.45, 7) is 0. The van der Waals surface area contributed by atoms with E-state index < -0.39 is 0 Å². The zero-order chi connectivity index (χ0) is 17.4. The average Bonchev–Trinajstić information content (AvgIpc) is 3.19. The lowest BCUT2D eigenvalue weighted by atomic mass is 10.2. The van der Waals surface area contributed by atoms with Crippen LogP contribution in [0.5, 0.6) is 0 Å². The van der Waals surface area contributed by atoms with Crippen LogP contribution in [0.2, 0.25) is 5.02 Å². The van der Waals surface area contributed by atoms with Crippen LogP contribution in [0, 0.1) is 0 Å². The maximum Gasteiger partial charge on any atom is 0.257 e. The predicted octanol–water partition coefficient (Wildman–Crippen LogP) is 4.52. The van der Waals surface area contributed by atoms with Gasteiger partial charge in [0, 0.05) is 15.7 Å². The first-order valence-electron chi connectivity index (χ1n) is 7.14. The fraction of sp³-hybridized carbons (Fsp3) is 0. The van der Waals surface area contributed by atoms with Crippen LogP contribution in [0.3, 0.4) is 0 Å². The Balaban J connectivity index is 1.62. The third-order valence-corrected chi connectivity index (χ3v) is 5.21. The molecular weight excluding hydrogens is 426 g/mol. The number of nitrogens with zero attached hydrogens (tertiary/aromatic N) is 4.